The fourth-order valence-electron chi connectivity index (χ4n) is 3.40. The third kappa shape index (κ3) is 4.76. The fraction of sp³-hybridized carbons (Fsp3) is 0.318. The van der Waals surface area contributed by atoms with Crippen LogP contribution in [0.25, 0.3) is 0 Å². The van der Waals surface area contributed by atoms with Gasteiger partial charge >= 0.3 is 0 Å². The summed E-state index contributed by atoms with van der Waals surface area (Å²) in [5.74, 6) is -0.675. The minimum absolute atomic E-state index is 0.175. The molecule has 3 atom stereocenters. The highest BCUT2D eigenvalue weighted by atomic mass is 16.2. The van der Waals surface area contributed by atoms with Crippen molar-refractivity contribution in [3.8, 4) is 0 Å². The molecule has 1 aliphatic rings. The number of hydrogen-bond donors (Lipinski definition) is 2. The third-order valence-corrected chi connectivity index (χ3v) is 4.90. The largest absolute Gasteiger partial charge is 0.350 e. The normalized spacial score (nSPS) is 18.9. The van der Waals surface area contributed by atoms with Crippen molar-refractivity contribution >= 4 is 17.7 Å². The molecule has 2 N–H and O–H groups in total. The standard InChI is InChI=1S/C22H25N3O3/c1-15-20(21(27)23-14-18-11-7-4-8-12-18)25(15)22(28)19(24-16(2)26)13-17-9-5-3-6-10-17/h3-12,15,19-20H,13-14H2,1-2H3,(H,23,27)(H,24,26)/t15-,19-,20-,25?/m0/s1. The Morgan fingerprint density at radius 3 is 2.11 bits per heavy atom. The minimum atomic E-state index is -0.686. The second-order valence-electron chi connectivity index (χ2n) is 7.08. The maximum atomic E-state index is 13.0. The second kappa shape index (κ2) is 8.69. The summed E-state index contributed by atoms with van der Waals surface area (Å²) in [5.41, 5.74) is 1.96. The summed E-state index contributed by atoms with van der Waals surface area (Å²) >= 11 is 0. The highest BCUT2D eigenvalue weighted by Gasteiger charge is 2.53. The summed E-state index contributed by atoms with van der Waals surface area (Å²) in [6.07, 6.45) is 0.390. The SMILES string of the molecule is CC(=O)N[C@@H](Cc1ccccc1)C(=O)N1[C@H](C(=O)NCc2ccccc2)[C@@H]1C. The van der Waals surface area contributed by atoms with Gasteiger partial charge in [0.1, 0.15) is 12.1 Å². The van der Waals surface area contributed by atoms with E-state index >= 15 is 0 Å². The maximum Gasteiger partial charge on any atom is 0.246 e. The van der Waals surface area contributed by atoms with Crippen LogP contribution >= 0.6 is 0 Å². The number of nitrogens with zero attached hydrogens (tertiary/aromatic N) is 1. The summed E-state index contributed by atoms with van der Waals surface area (Å²) < 4.78 is 0. The van der Waals surface area contributed by atoms with Crippen molar-refractivity contribution in [2.24, 2.45) is 0 Å². The Balaban J connectivity index is 1.62. The maximum absolute atomic E-state index is 13.0. The molecule has 3 rings (SSSR count). The van der Waals surface area contributed by atoms with Crippen LogP contribution in [-0.2, 0) is 27.3 Å². The molecule has 1 saturated heterocycles. The molecule has 0 spiro atoms. The molecule has 1 aliphatic heterocycles. The molecule has 6 nitrogen and oxygen atoms in total. The second-order valence-corrected chi connectivity index (χ2v) is 7.08. The van der Waals surface area contributed by atoms with Gasteiger partial charge in [-0.25, -0.2) is 0 Å². The van der Waals surface area contributed by atoms with Gasteiger partial charge in [-0.1, -0.05) is 60.7 Å². The Morgan fingerprint density at radius 1 is 0.964 bits per heavy atom. The lowest BCUT2D eigenvalue weighted by Gasteiger charge is -2.18. The van der Waals surface area contributed by atoms with Crippen LogP contribution in [0.15, 0.2) is 60.7 Å². The first-order valence-corrected chi connectivity index (χ1v) is 9.42. The van der Waals surface area contributed by atoms with E-state index in [-0.39, 0.29) is 23.8 Å². The lowest BCUT2D eigenvalue weighted by atomic mass is 10.1. The molecule has 0 aliphatic carbocycles. The van der Waals surface area contributed by atoms with E-state index in [4.69, 9.17) is 0 Å². The number of carbonyl (C=O) groups is 3. The number of rotatable bonds is 7. The quantitative estimate of drug-likeness (QED) is 0.718. The summed E-state index contributed by atoms with van der Waals surface area (Å²) in [6, 6.07) is 17.8. The first kappa shape index (κ1) is 19.6. The van der Waals surface area contributed by atoms with Gasteiger partial charge in [-0.15, -0.1) is 0 Å². The van der Waals surface area contributed by atoms with Gasteiger partial charge < -0.3 is 15.5 Å². The van der Waals surface area contributed by atoms with Gasteiger partial charge in [0.15, 0.2) is 0 Å². The van der Waals surface area contributed by atoms with E-state index in [1.807, 2.05) is 67.6 Å². The van der Waals surface area contributed by atoms with Crippen LogP contribution in [0.5, 0.6) is 0 Å². The molecule has 2 aromatic carbocycles. The van der Waals surface area contributed by atoms with E-state index < -0.39 is 12.1 Å². The van der Waals surface area contributed by atoms with Crippen LogP contribution < -0.4 is 10.6 Å². The Hall–Kier alpha value is -3.15. The van der Waals surface area contributed by atoms with Crippen molar-refractivity contribution in [2.45, 2.75) is 44.9 Å². The molecule has 0 bridgehead atoms. The summed E-state index contributed by atoms with van der Waals surface area (Å²) in [5, 5.41) is 5.61. The van der Waals surface area contributed by atoms with Crippen LogP contribution in [0.3, 0.4) is 0 Å². The molecule has 6 heteroatoms. The average Bonchev–Trinajstić information content (AvgIpc) is 3.37. The number of benzene rings is 2. The van der Waals surface area contributed by atoms with E-state index in [1.54, 1.807) is 4.90 Å². The highest BCUT2D eigenvalue weighted by Crippen LogP contribution is 2.29. The van der Waals surface area contributed by atoms with Gasteiger partial charge in [0, 0.05) is 19.9 Å². The van der Waals surface area contributed by atoms with Crippen molar-refractivity contribution in [1.29, 1.82) is 0 Å². The number of amides is 3. The van der Waals surface area contributed by atoms with Gasteiger partial charge in [0.05, 0.1) is 6.04 Å². The van der Waals surface area contributed by atoms with Gasteiger partial charge in [0.2, 0.25) is 17.7 Å². The Kier molecular flexibility index (Phi) is 6.09. The summed E-state index contributed by atoms with van der Waals surface area (Å²) in [6.45, 7) is 3.66. The molecule has 0 saturated carbocycles. The van der Waals surface area contributed by atoms with Crippen molar-refractivity contribution in [3.05, 3.63) is 71.8 Å². The number of nitrogens with one attached hydrogen (secondary N) is 2. The van der Waals surface area contributed by atoms with Crippen LogP contribution in [0.2, 0.25) is 0 Å². The first-order chi connectivity index (χ1) is 13.5. The molecular weight excluding hydrogens is 354 g/mol. The monoisotopic (exact) mass is 379 g/mol. The average molecular weight is 379 g/mol. The lowest BCUT2D eigenvalue weighted by molar-refractivity contribution is -0.133. The zero-order chi connectivity index (χ0) is 20.1. The van der Waals surface area contributed by atoms with Crippen molar-refractivity contribution < 1.29 is 14.4 Å². The zero-order valence-electron chi connectivity index (χ0n) is 16.1. The molecule has 1 heterocycles. The molecule has 2 aromatic rings. The zero-order valence-corrected chi connectivity index (χ0v) is 16.1. The minimum Gasteiger partial charge on any atom is -0.350 e. The van der Waals surface area contributed by atoms with Crippen molar-refractivity contribution in [1.82, 2.24) is 15.5 Å². The molecule has 0 aromatic heterocycles. The van der Waals surface area contributed by atoms with E-state index in [9.17, 15) is 14.4 Å². The van der Waals surface area contributed by atoms with Crippen molar-refractivity contribution in [2.75, 3.05) is 0 Å². The van der Waals surface area contributed by atoms with Gasteiger partial charge in [0.25, 0.3) is 0 Å². The van der Waals surface area contributed by atoms with Crippen LogP contribution in [0.4, 0.5) is 0 Å². The summed E-state index contributed by atoms with van der Waals surface area (Å²) in [4.78, 5) is 38.6. The van der Waals surface area contributed by atoms with Crippen LogP contribution in [-0.4, -0.2) is 40.7 Å². The van der Waals surface area contributed by atoms with Gasteiger partial charge in [-0.05, 0) is 18.1 Å². The molecule has 1 fully saturated rings. The van der Waals surface area contributed by atoms with Gasteiger partial charge in [-0.2, -0.15) is 0 Å². The fourth-order valence-corrected chi connectivity index (χ4v) is 3.40. The molecule has 0 radical (unpaired) electrons. The Bertz CT molecular complexity index is 839. The molecular formula is C22H25N3O3. The van der Waals surface area contributed by atoms with Gasteiger partial charge in [-0.3, -0.25) is 14.4 Å². The third-order valence-electron chi connectivity index (χ3n) is 4.90. The topological polar surface area (TPSA) is 78.3 Å². The van der Waals surface area contributed by atoms with E-state index in [2.05, 4.69) is 10.6 Å². The van der Waals surface area contributed by atoms with E-state index in [1.165, 1.54) is 6.92 Å². The predicted molar refractivity (Wildman–Crippen MR) is 106 cm³/mol. The summed E-state index contributed by atoms with van der Waals surface area (Å²) in [7, 11) is 0. The molecule has 3 amide bonds. The highest BCUT2D eigenvalue weighted by molar-refractivity contribution is 5.97. The first-order valence-electron chi connectivity index (χ1n) is 9.42. The number of carbonyl (C=O) groups excluding carboxylic acids is 3. The Morgan fingerprint density at radius 2 is 1.54 bits per heavy atom. The smallest absolute Gasteiger partial charge is 0.246 e. The lowest BCUT2D eigenvalue weighted by Crippen LogP contribution is -2.45. The van der Waals surface area contributed by atoms with E-state index in [0.29, 0.717) is 13.0 Å². The molecule has 146 valence electrons. The molecule has 0 unspecified atom stereocenters. The van der Waals surface area contributed by atoms with Crippen LogP contribution in [0.1, 0.15) is 25.0 Å². The van der Waals surface area contributed by atoms with Crippen LogP contribution in [0, 0.1) is 0 Å². The van der Waals surface area contributed by atoms with Crippen molar-refractivity contribution in [3.63, 3.8) is 0 Å². The molecule has 28 heavy (non-hydrogen) atoms. The predicted octanol–water partition coefficient (Wildman–Crippen LogP) is 1.65. The number of hydrogen-bond acceptors (Lipinski definition) is 3. The van der Waals surface area contributed by atoms with E-state index in [0.717, 1.165) is 11.1 Å². The Labute approximate surface area is 164 Å².